The van der Waals surface area contributed by atoms with Crippen molar-refractivity contribution in [2.75, 3.05) is 12.8 Å². The van der Waals surface area contributed by atoms with Crippen LogP contribution in [0.15, 0.2) is 29.2 Å². The highest BCUT2D eigenvalue weighted by molar-refractivity contribution is 7.99. The van der Waals surface area contributed by atoms with Crippen molar-refractivity contribution in [2.45, 2.75) is 42.5 Å². The van der Waals surface area contributed by atoms with Crippen molar-refractivity contribution < 1.29 is 9.59 Å². The molecular formula is C17H22N2O2S. The van der Waals surface area contributed by atoms with Crippen LogP contribution in [0.3, 0.4) is 0 Å². The summed E-state index contributed by atoms with van der Waals surface area (Å²) >= 11 is 1.74. The molecule has 1 heterocycles. The number of hydrogen-bond acceptors (Lipinski definition) is 3. The number of fused-ring (bicyclic) bond motifs is 1. The Morgan fingerprint density at radius 3 is 2.73 bits per heavy atom. The van der Waals surface area contributed by atoms with E-state index >= 15 is 0 Å². The van der Waals surface area contributed by atoms with E-state index in [2.05, 4.69) is 16.7 Å². The van der Waals surface area contributed by atoms with Crippen LogP contribution in [0.4, 0.5) is 0 Å². The van der Waals surface area contributed by atoms with Crippen molar-refractivity contribution in [1.29, 1.82) is 0 Å². The van der Waals surface area contributed by atoms with Gasteiger partial charge in [0.2, 0.25) is 11.8 Å². The molecule has 0 bridgehead atoms. The monoisotopic (exact) mass is 318 g/mol. The predicted molar refractivity (Wildman–Crippen MR) is 87.9 cm³/mol. The molecule has 0 spiro atoms. The summed E-state index contributed by atoms with van der Waals surface area (Å²) in [6.45, 7) is 0. The first-order chi connectivity index (χ1) is 10.7. The SMILES string of the molecule is CNC(=O)[C@@H]1CCCC[C@H]1NC(=O)[C@H]1CSc2ccccc21. The van der Waals surface area contributed by atoms with E-state index in [1.807, 2.05) is 18.2 Å². The lowest BCUT2D eigenvalue weighted by atomic mass is 9.83. The average molecular weight is 318 g/mol. The van der Waals surface area contributed by atoms with Crippen LogP contribution >= 0.6 is 11.8 Å². The molecule has 1 aromatic rings. The largest absolute Gasteiger partial charge is 0.359 e. The summed E-state index contributed by atoms with van der Waals surface area (Å²) in [6.07, 6.45) is 3.90. The topological polar surface area (TPSA) is 58.2 Å². The second-order valence-corrected chi connectivity index (χ2v) is 7.08. The van der Waals surface area contributed by atoms with Crippen LogP contribution < -0.4 is 10.6 Å². The number of carbonyl (C=O) groups excluding carboxylic acids is 2. The standard InChI is InChI=1S/C17H22N2O2S/c1-18-16(20)12-7-2-4-8-14(12)19-17(21)13-10-22-15-9-5-3-6-11(13)15/h3,5-6,9,12-14H,2,4,7-8,10H2,1H3,(H,18,20)(H,19,21)/t12-,13+,14-/m1/s1. The van der Waals surface area contributed by atoms with Gasteiger partial charge < -0.3 is 10.6 Å². The van der Waals surface area contributed by atoms with Gasteiger partial charge in [-0.2, -0.15) is 0 Å². The van der Waals surface area contributed by atoms with Gasteiger partial charge in [0.25, 0.3) is 0 Å². The van der Waals surface area contributed by atoms with Crippen LogP contribution in [0.25, 0.3) is 0 Å². The maximum Gasteiger partial charge on any atom is 0.228 e. The van der Waals surface area contributed by atoms with Gasteiger partial charge in [-0.05, 0) is 24.5 Å². The molecule has 0 aromatic heterocycles. The Morgan fingerprint density at radius 2 is 1.91 bits per heavy atom. The van der Waals surface area contributed by atoms with Crippen LogP contribution in [0, 0.1) is 5.92 Å². The average Bonchev–Trinajstić information content (AvgIpc) is 2.99. The summed E-state index contributed by atoms with van der Waals surface area (Å²) in [4.78, 5) is 25.9. The van der Waals surface area contributed by atoms with Crippen molar-refractivity contribution in [2.24, 2.45) is 5.92 Å². The first-order valence-electron chi connectivity index (χ1n) is 7.94. The van der Waals surface area contributed by atoms with Gasteiger partial charge in [-0.1, -0.05) is 31.0 Å². The Hall–Kier alpha value is -1.49. The lowest BCUT2D eigenvalue weighted by Crippen LogP contribution is -2.49. The molecule has 0 radical (unpaired) electrons. The van der Waals surface area contributed by atoms with Gasteiger partial charge in [-0.25, -0.2) is 0 Å². The zero-order chi connectivity index (χ0) is 15.5. The zero-order valence-electron chi connectivity index (χ0n) is 12.8. The summed E-state index contributed by atoms with van der Waals surface area (Å²) in [7, 11) is 1.67. The Morgan fingerprint density at radius 1 is 1.14 bits per heavy atom. The lowest BCUT2D eigenvalue weighted by Gasteiger charge is -2.31. The van der Waals surface area contributed by atoms with Gasteiger partial charge in [0.05, 0.1) is 11.8 Å². The van der Waals surface area contributed by atoms with E-state index < -0.39 is 0 Å². The number of carbonyl (C=O) groups is 2. The molecule has 4 nitrogen and oxygen atoms in total. The summed E-state index contributed by atoms with van der Waals surface area (Å²) < 4.78 is 0. The molecule has 3 atom stereocenters. The summed E-state index contributed by atoms with van der Waals surface area (Å²) in [5.74, 6) is 0.729. The predicted octanol–water partition coefficient (Wildman–Crippen LogP) is 2.30. The molecule has 3 rings (SSSR count). The van der Waals surface area contributed by atoms with Gasteiger partial charge in [-0.3, -0.25) is 9.59 Å². The molecule has 5 heteroatoms. The van der Waals surface area contributed by atoms with E-state index in [1.54, 1.807) is 18.8 Å². The van der Waals surface area contributed by atoms with Gasteiger partial charge in [-0.15, -0.1) is 11.8 Å². The fourth-order valence-corrected chi connectivity index (χ4v) is 4.69. The first-order valence-corrected chi connectivity index (χ1v) is 8.93. The molecule has 1 aliphatic heterocycles. The third-order valence-corrected chi connectivity index (χ3v) is 5.88. The van der Waals surface area contributed by atoms with Crippen molar-refractivity contribution in [3.8, 4) is 0 Å². The molecule has 0 unspecified atom stereocenters. The van der Waals surface area contributed by atoms with Crippen molar-refractivity contribution >= 4 is 23.6 Å². The summed E-state index contributed by atoms with van der Waals surface area (Å²) in [5, 5.41) is 5.88. The number of amides is 2. The van der Waals surface area contributed by atoms with Crippen LogP contribution in [-0.4, -0.2) is 30.7 Å². The minimum absolute atomic E-state index is 0.0287. The number of rotatable bonds is 3. The van der Waals surface area contributed by atoms with E-state index in [9.17, 15) is 9.59 Å². The minimum Gasteiger partial charge on any atom is -0.359 e. The molecule has 22 heavy (non-hydrogen) atoms. The number of thioether (sulfide) groups is 1. The minimum atomic E-state index is -0.0907. The highest BCUT2D eigenvalue weighted by atomic mass is 32.2. The fourth-order valence-electron chi connectivity index (χ4n) is 3.47. The van der Waals surface area contributed by atoms with E-state index in [0.717, 1.165) is 37.0 Å². The zero-order valence-corrected chi connectivity index (χ0v) is 13.6. The molecule has 2 aliphatic rings. The first kappa shape index (κ1) is 15.4. The van der Waals surface area contributed by atoms with E-state index in [-0.39, 0.29) is 29.7 Å². The van der Waals surface area contributed by atoms with Gasteiger partial charge >= 0.3 is 0 Å². The van der Waals surface area contributed by atoms with E-state index in [0.29, 0.717) is 0 Å². The molecule has 1 aliphatic carbocycles. The van der Waals surface area contributed by atoms with E-state index in [4.69, 9.17) is 0 Å². The van der Waals surface area contributed by atoms with Crippen LogP contribution in [0.2, 0.25) is 0 Å². The van der Waals surface area contributed by atoms with Crippen molar-refractivity contribution in [3.05, 3.63) is 29.8 Å². The maximum absolute atomic E-state index is 12.7. The number of nitrogens with one attached hydrogen (secondary N) is 2. The van der Waals surface area contributed by atoms with Crippen molar-refractivity contribution in [3.63, 3.8) is 0 Å². The van der Waals surface area contributed by atoms with Gasteiger partial charge in [0, 0.05) is 23.7 Å². The van der Waals surface area contributed by atoms with Crippen molar-refractivity contribution in [1.82, 2.24) is 10.6 Å². The molecule has 2 amide bonds. The molecule has 1 fully saturated rings. The second-order valence-electron chi connectivity index (χ2n) is 6.02. The molecular weight excluding hydrogens is 296 g/mol. The quantitative estimate of drug-likeness (QED) is 0.899. The Kier molecular flexibility index (Phi) is 4.71. The normalized spacial score (nSPS) is 27.0. The lowest BCUT2D eigenvalue weighted by molar-refractivity contribution is -0.128. The third-order valence-electron chi connectivity index (χ3n) is 4.69. The number of hydrogen-bond donors (Lipinski definition) is 2. The Labute approximate surface area is 135 Å². The molecule has 1 aromatic carbocycles. The van der Waals surface area contributed by atoms with Gasteiger partial charge in [0.15, 0.2) is 0 Å². The second kappa shape index (κ2) is 6.73. The molecule has 118 valence electrons. The highest BCUT2D eigenvalue weighted by Crippen LogP contribution is 2.39. The molecule has 1 saturated carbocycles. The van der Waals surface area contributed by atoms with Crippen LogP contribution in [0.5, 0.6) is 0 Å². The fraction of sp³-hybridized carbons (Fsp3) is 0.529. The third kappa shape index (κ3) is 3.00. The molecule has 0 saturated heterocycles. The van der Waals surface area contributed by atoms with Crippen LogP contribution in [0.1, 0.15) is 37.2 Å². The van der Waals surface area contributed by atoms with E-state index in [1.165, 1.54) is 4.90 Å². The Bertz CT molecular complexity index is 576. The highest BCUT2D eigenvalue weighted by Gasteiger charge is 2.35. The maximum atomic E-state index is 12.7. The number of benzene rings is 1. The van der Waals surface area contributed by atoms with Crippen LogP contribution in [-0.2, 0) is 9.59 Å². The summed E-state index contributed by atoms with van der Waals surface area (Å²) in [6, 6.07) is 8.07. The summed E-state index contributed by atoms with van der Waals surface area (Å²) in [5.41, 5.74) is 1.12. The smallest absolute Gasteiger partial charge is 0.228 e. The molecule has 2 N–H and O–H groups in total. The van der Waals surface area contributed by atoms with Gasteiger partial charge in [0.1, 0.15) is 0 Å². The Balaban J connectivity index is 1.70.